The van der Waals surface area contributed by atoms with Crippen LogP contribution in [-0.4, -0.2) is 19.5 Å². The number of benzene rings is 2. The first kappa shape index (κ1) is 16.7. The van der Waals surface area contributed by atoms with E-state index in [0.717, 1.165) is 18.5 Å². The summed E-state index contributed by atoms with van der Waals surface area (Å²) in [6.45, 7) is 4.65. The van der Waals surface area contributed by atoms with Gasteiger partial charge in [0, 0.05) is 17.7 Å². The Morgan fingerprint density at radius 1 is 1.17 bits per heavy atom. The Balaban J connectivity index is 1.65. The molecule has 1 unspecified atom stereocenters. The van der Waals surface area contributed by atoms with Crippen molar-refractivity contribution in [1.82, 2.24) is 0 Å². The van der Waals surface area contributed by atoms with E-state index in [1.165, 1.54) is 33.6 Å². The van der Waals surface area contributed by atoms with Crippen molar-refractivity contribution in [2.75, 3.05) is 18.9 Å². The number of rotatable bonds is 4. The lowest BCUT2D eigenvalue weighted by Crippen LogP contribution is -3.10. The van der Waals surface area contributed by atoms with Gasteiger partial charge in [0.25, 0.3) is 5.91 Å². The SMILES string of the molecule is Cc1ccc(NC(=O)C[NH+](C)[C@H]2CCCc3ccccc32)cc1C. The highest BCUT2D eigenvalue weighted by atomic mass is 16.2. The van der Waals surface area contributed by atoms with Crippen molar-refractivity contribution >= 4 is 11.6 Å². The second-order valence-corrected chi connectivity index (χ2v) is 7.01. The smallest absolute Gasteiger partial charge is 0.279 e. The molecular formula is C21H27N2O+. The van der Waals surface area contributed by atoms with Crippen LogP contribution >= 0.6 is 0 Å². The number of anilines is 1. The lowest BCUT2D eigenvalue weighted by atomic mass is 9.87. The molecule has 0 saturated heterocycles. The summed E-state index contributed by atoms with van der Waals surface area (Å²) in [7, 11) is 2.13. The van der Waals surface area contributed by atoms with Gasteiger partial charge in [-0.2, -0.15) is 0 Å². The molecule has 0 radical (unpaired) electrons. The largest absolute Gasteiger partial charge is 0.323 e. The molecule has 3 nitrogen and oxygen atoms in total. The van der Waals surface area contributed by atoms with Crippen molar-refractivity contribution in [3.8, 4) is 0 Å². The van der Waals surface area contributed by atoms with Crippen LogP contribution in [0.2, 0.25) is 0 Å². The first-order valence-electron chi connectivity index (χ1n) is 8.82. The van der Waals surface area contributed by atoms with Gasteiger partial charge in [0.2, 0.25) is 0 Å². The lowest BCUT2D eigenvalue weighted by Gasteiger charge is -2.30. The van der Waals surface area contributed by atoms with E-state index in [-0.39, 0.29) is 5.91 Å². The molecule has 2 N–H and O–H groups in total. The molecule has 0 aliphatic heterocycles. The Morgan fingerprint density at radius 3 is 2.75 bits per heavy atom. The van der Waals surface area contributed by atoms with Gasteiger partial charge in [0.15, 0.2) is 6.54 Å². The Bertz CT molecular complexity index is 738. The van der Waals surface area contributed by atoms with E-state index in [0.29, 0.717) is 12.6 Å². The summed E-state index contributed by atoms with van der Waals surface area (Å²) in [5.74, 6) is 0.0822. The quantitative estimate of drug-likeness (QED) is 0.891. The summed E-state index contributed by atoms with van der Waals surface area (Å²) in [5.41, 5.74) is 6.20. The van der Waals surface area contributed by atoms with Crippen LogP contribution in [0.3, 0.4) is 0 Å². The molecule has 1 amide bonds. The van der Waals surface area contributed by atoms with Crippen molar-refractivity contribution in [2.45, 2.75) is 39.2 Å². The molecule has 0 spiro atoms. The topological polar surface area (TPSA) is 33.5 Å². The van der Waals surface area contributed by atoms with Crippen LogP contribution in [-0.2, 0) is 11.2 Å². The minimum atomic E-state index is 0.0822. The molecule has 2 aromatic rings. The van der Waals surface area contributed by atoms with E-state index in [1.807, 2.05) is 12.1 Å². The van der Waals surface area contributed by atoms with E-state index in [2.05, 4.69) is 56.5 Å². The molecule has 0 bridgehead atoms. The van der Waals surface area contributed by atoms with Gasteiger partial charge in [0.05, 0.1) is 7.05 Å². The van der Waals surface area contributed by atoms with E-state index in [9.17, 15) is 4.79 Å². The maximum atomic E-state index is 12.4. The first-order chi connectivity index (χ1) is 11.5. The molecule has 1 aliphatic carbocycles. The number of carbonyl (C=O) groups is 1. The van der Waals surface area contributed by atoms with Crippen molar-refractivity contribution in [2.24, 2.45) is 0 Å². The minimum absolute atomic E-state index is 0.0822. The maximum absolute atomic E-state index is 12.4. The first-order valence-corrected chi connectivity index (χ1v) is 8.82. The standard InChI is InChI=1S/C21H26N2O/c1-15-11-12-18(13-16(15)2)22-21(24)14-23(3)20-10-6-8-17-7-4-5-9-19(17)20/h4-5,7,9,11-13,20H,6,8,10,14H2,1-3H3,(H,22,24)/p+1/t20-/m0/s1. The van der Waals surface area contributed by atoms with Crippen molar-refractivity contribution < 1.29 is 9.69 Å². The van der Waals surface area contributed by atoms with Gasteiger partial charge < -0.3 is 10.2 Å². The monoisotopic (exact) mass is 323 g/mol. The molecule has 2 atom stereocenters. The van der Waals surface area contributed by atoms with Gasteiger partial charge in [-0.1, -0.05) is 30.3 Å². The summed E-state index contributed by atoms with van der Waals surface area (Å²) in [4.78, 5) is 13.7. The van der Waals surface area contributed by atoms with E-state index in [1.54, 1.807) is 0 Å². The van der Waals surface area contributed by atoms with Gasteiger partial charge in [-0.15, -0.1) is 0 Å². The zero-order valence-electron chi connectivity index (χ0n) is 14.9. The number of likely N-dealkylation sites (N-methyl/N-ethyl adjacent to an activating group) is 1. The fourth-order valence-electron chi connectivity index (χ4n) is 3.67. The molecule has 126 valence electrons. The predicted molar refractivity (Wildman–Crippen MR) is 98.4 cm³/mol. The molecule has 1 aliphatic rings. The molecule has 24 heavy (non-hydrogen) atoms. The lowest BCUT2D eigenvalue weighted by molar-refractivity contribution is -0.905. The van der Waals surface area contributed by atoms with Crippen LogP contribution < -0.4 is 10.2 Å². The Hall–Kier alpha value is -2.13. The minimum Gasteiger partial charge on any atom is -0.323 e. The molecular weight excluding hydrogens is 296 g/mol. The van der Waals surface area contributed by atoms with Gasteiger partial charge >= 0.3 is 0 Å². The highest BCUT2D eigenvalue weighted by Gasteiger charge is 2.27. The van der Waals surface area contributed by atoms with Crippen LogP contribution in [0.25, 0.3) is 0 Å². The van der Waals surface area contributed by atoms with Crippen LogP contribution in [0.4, 0.5) is 5.69 Å². The number of fused-ring (bicyclic) bond motifs is 1. The number of hydrogen-bond acceptors (Lipinski definition) is 1. The van der Waals surface area contributed by atoms with Gasteiger partial charge in [-0.05, 0) is 55.5 Å². The maximum Gasteiger partial charge on any atom is 0.279 e. The van der Waals surface area contributed by atoms with Gasteiger partial charge in [-0.3, -0.25) is 4.79 Å². The van der Waals surface area contributed by atoms with Crippen LogP contribution in [0.1, 0.15) is 41.1 Å². The second-order valence-electron chi connectivity index (χ2n) is 7.01. The molecule has 0 heterocycles. The third kappa shape index (κ3) is 3.68. The summed E-state index contributed by atoms with van der Waals surface area (Å²) in [6, 6.07) is 15.2. The molecule has 2 aromatic carbocycles. The van der Waals surface area contributed by atoms with Crippen molar-refractivity contribution in [3.05, 3.63) is 64.7 Å². The summed E-state index contributed by atoms with van der Waals surface area (Å²) in [5, 5.41) is 3.04. The number of carbonyl (C=O) groups excluding carboxylic acids is 1. The van der Waals surface area contributed by atoms with Gasteiger partial charge in [0.1, 0.15) is 6.04 Å². The summed E-state index contributed by atoms with van der Waals surface area (Å²) < 4.78 is 0. The van der Waals surface area contributed by atoms with E-state index >= 15 is 0 Å². The van der Waals surface area contributed by atoms with Crippen LogP contribution in [0.5, 0.6) is 0 Å². The number of aryl methyl sites for hydroxylation is 3. The third-order valence-corrected chi connectivity index (χ3v) is 5.19. The Morgan fingerprint density at radius 2 is 1.96 bits per heavy atom. The number of quaternary nitrogens is 1. The van der Waals surface area contributed by atoms with Crippen molar-refractivity contribution in [1.29, 1.82) is 0 Å². The average Bonchev–Trinajstić information content (AvgIpc) is 2.57. The van der Waals surface area contributed by atoms with Crippen LogP contribution in [0.15, 0.2) is 42.5 Å². The second kappa shape index (κ2) is 7.18. The molecule has 0 aromatic heterocycles. The molecule has 3 heteroatoms. The van der Waals surface area contributed by atoms with Crippen LogP contribution in [0, 0.1) is 13.8 Å². The molecule has 0 fully saturated rings. The molecule has 0 saturated carbocycles. The van der Waals surface area contributed by atoms with Gasteiger partial charge in [-0.25, -0.2) is 0 Å². The van der Waals surface area contributed by atoms with E-state index in [4.69, 9.17) is 0 Å². The van der Waals surface area contributed by atoms with E-state index < -0.39 is 0 Å². The normalized spacial score (nSPS) is 17.9. The van der Waals surface area contributed by atoms with Crippen molar-refractivity contribution in [3.63, 3.8) is 0 Å². The number of hydrogen-bond donors (Lipinski definition) is 2. The predicted octanol–water partition coefficient (Wildman–Crippen LogP) is 2.83. The Labute approximate surface area is 144 Å². The Kier molecular flexibility index (Phi) is 5.00. The summed E-state index contributed by atoms with van der Waals surface area (Å²) >= 11 is 0. The number of amides is 1. The molecule has 3 rings (SSSR count). The summed E-state index contributed by atoms with van der Waals surface area (Å²) in [6.07, 6.45) is 3.52. The average molecular weight is 323 g/mol. The highest BCUT2D eigenvalue weighted by Crippen LogP contribution is 2.27. The highest BCUT2D eigenvalue weighted by molar-refractivity contribution is 5.91. The number of nitrogens with one attached hydrogen (secondary N) is 2. The fraction of sp³-hybridized carbons (Fsp3) is 0.381. The zero-order chi connectivity index (χ0) is 17.1. The fourth-order valence-corrected chi connectivity index (χ4v) is 3.67. The third-order valence-electron chi connectivity index (χ3n) is 5.19. The zero-order valence-corrected chi connectivity index (χ0v) is 14.9.